The maximum Gasteiger partial charge on any atom is 0.338 e. The zero-order chi connectivity index (χ0) is 24.1. The van der Waals surface area contributed by atoms with Crippen LogP contribution in [-0.2, 0) is 4.74 Å². The number of benzene rings is 3. The second-order valence-electron chi connectivity index (χ2n) is 8.79. The molecule has 5 heteroatoms. The summed E-state index contributed by atoms with van der Waals surface area (Å²) in [6.45, 7) is 6.48. The number of nitrogens with two attached hydrogens (primary N) is 1. The van der Waals surface area contributed by atoms with Crippen LogP contribution in [0.3, 0.4) is 0 Å². The van der Waals surface area contributed by atoms with Gasteiger partial charge < -0.3 is 20.1 Å². The lowest BCUT2D eigenvalue weighted by Crippen LogP contribution is -2.26. The number of esters is 1. The van der Waals surface area contributed by atoms with Crippen molar-refractivity contribution in [2.45, 2.75) is 45.4 Å². The van der Waals surface area contributed by atoms with Gasteiger partial charge >= 0.3 is 5.97 Å². The molecule has 178 valence electrons. The molecule has 0 saturated heterocycles. The summed E-state index contributed by atoms with van der Waals surface area (Å²) in [5.74, 6) is 0.937. The zero-order valence-electron chi connectivity index (χ0n) is 20.3. The van der Waals surface area contributed by atoms with E-state index in [1.807, 2.05) is 36.4 Å². The van der Waals surface area contributed by atoms with E-state index in [1.165, 1.54) is 7.11 Å². The molecular formula is C29H34N2O3. The van der Waals surface area contributed by atoms with Gasteiger partial charge in [-0.15, -0.1) is 0 Å². The van der Waals surface area contributed by atoms with Crippen molar-refractivity contribution in [3.8, 4) is 11.5 Å². The minimum atomic E-state index is -0.360. The molecule has 4 rings (SSSR count). The van der Waals surface area contributed by atoms with E-state index in [1.54, 1.807) is 6.07 Å². The van der Waals surface area contributed by atoms with E-state index >= 15 is 0 Å². The average Bonchev–Trinajstić information content (AvgIpc) is 2.87. The highest BCUT2D eigenvalue weighted by atomic mass is 16.5. The third-order valence-corrected chi connectivity index (χ3v) is 6.52. The monoisotopic (exact) mass is 458 g/mol. The van der Waals surface area contributed by atoms with Gasteiger partial charge in [-0.3, -0.25) is 0 Å². The van der Waals surface area contributed by atoms with Crippen LogP contribution in [0.5, 0.6) is 11.5 Å². The summed E-state index contributed by atoms with van der Waals surface area (Å²) < 4.78 is 11.5. The van der Waals surface area contributed by atoms with E-state index in [9.17, 15) is 4.79 Å². The lowest BCUT2D eigenvalue weighted by Gasteiger charge is -2.32. The standard InChI is InChI=1S/C29H34N2O3/c1-4-6-17-31(18-7-5-2)20-15-16-23-26(19-20)34-25-14-10-13-24(30)28(25)27(23)21-11-8-9-12-22(21)29(32)33-3/h8-16,19,27H,4-7,17-18,30H2,1-3H3. The van der Waals surface area contributed by atoms with Crippen molar-refractivity contribution < 1.29 is 14.3 Å². The Kier molecular flexibility index (Phi) is 7.41. The van der Waals surface area contributed by atoms with Gasteiger partial charge in [0.1, 0.15) is 11.5 Å². The van der Waals surface area contributed by atoms with Gasteiger partial charge in [-0.1, -0.05) is 57.0 Å². The van der Waals surface area contributed by atoms with E-state index in [-0.39, 0.29) is 11.9 Å². The minimum Gasteiger partial charge on any atom is -0.465 e. The molecule has 3 aromatic rings. The Labute approximate surface area is 202 Å². The lowest BCUT2D eigenvalue weighted by molar-refractivity contribution is 0.0599. The van der Waals surface area contributed by atoms with Crippen LogP contribution < -0.4 is 15.4 Å². The molecule has 0 spiro atoms. The molecule has 0 aliphatic carbocycles. The first-order chi connectivity index (χ1) is 16.6. The third-order valence-electron chi connectivity index (χ3n) is 6.52. The van der Waals surface area contributed by atoms with E-state index < -0.39 is 0 Å². The predicted molar refractivity (Wildman–Crippen MR) is 138 cm³/mol. The second-order valence-corrected chi connectivity index (χ2v) is 8.79. The second kappa shape index (κ2) is 10.6. The summed E-state index contributed by atoms with van der Waals surface area (Å²) >= 11 is 0. The molecule has 2 N–H and O–H groups in total. The summed E-state index contributed by atoms with van der Waals surface area (Å²) in [6.07, 6.45) is 4.61. The van der Waals surface area contributed by atoms with E-state index in [0.29, 0.717) is 11.3 Å². The molecule has 1 aliphatic heterocycles. The van der Waals surface area contributed by atoms with Crippen molar-refractivity contribution in [3.63, 3.8) is 0 Å². The number of hydrogen-bond acceptors (Lipinski definition) is 5. The molecule has 0 fully saturated rings. The molecule has 34 heavy (non-hydrogen) atoms. The number of anilines is 2. The number of hydrogen-bond donors (Lipinski definition) is 1. The van der Waals surface area contributed by atoms with Crippen molar-refractivity contribution in [1.29, 1.82) is 0 Å². The summed E-state index contributed by atoms with van der Waals surface area (Å²) in [5.41, 5.74) is 11.5. The molecule has 1 heterocycles. The Bertz CT molecular complexity index is 1150. The van der Waals surface area contributed by atoms with Crippen LogP contribution in [-0.4, -0.2) is 26.2 Å². The van der Waals surface area contributed by atoms with Crippen LogP contribution in [0.2, 0.25) is 0 Å². The summed E-state index contributed by atoms with van der Waals surface area (Å²) in [5, 5.41) is 0. The third kappa shape index (κ3) is 4.60. The van der Waals surface area contributed by atoms with Gasteiger partial charge in [0, 0.05) is 47.6 Å². The Morgan fingerprint density at radius 1 is 0.941 bits per heavy atom. The maximum atomic E-state index is 12.6. The first kappa shape index (κ1) is 23.7. The van der Waals surface area contributed by atoms with Crippen LogP contribution in [0.4, 0.5) is 11.4 Å². The normalized spacial score (nSPS) is 14.0. The van der Waals surface area contributed by atoms with Gasteiger partial charge in [-0.05, 0) is 42.7 Å². The van der Waals surface area contributed by atoms with Crippen molar-refractivity contribution in [3.05, 3.63) is 82.9 Å². The summed E-state index contributed by atoms with van der Waals surface area (Å²) in [4.78, 5) is 15.1. The quantitative estimate of drug-likeness (QED) is 0.222. The van der Waals surface area contributed by atoms with Crippen molar-refractivity contribution in [2.24, 2.45) is 0 Å². The van der Waals surface area contributed by atoms with Gasteiger partial charge in [0.25, 0.3) is 0 Å². The fourth-order valence-corrected chi connectivity index (χ4v) is 4.72. The lowest BCUT2D eigenvalue weighted by atomic mass is 9.80. The van der Waals surface area contributed by atoms with Crippen LogP contribution >= 0.6 is 0 Å². The van der Waals surface area contributed by atoms with Crippen molar-refractivity contribution in [2.75, 3.05) is 30.8 Å². The zero-order valence-corrected chi connectivity index (χ0v) is 20.3. The summed E-state index contributed by atoms with van der Waals surface area (Å²) in [7, 11) is 1.41. The molecule has 1 aliphatic rings. The average molecular weight is 459 g/mol. The molecule has 0 amide bonds. The smallest absolute Gasteiger partial charge is 0.338 e. The largest absolute Gasteiger partial charge is 0.465 e. The van der Waals surface area contributed by atoms with Crippen LogP contribution in [0.25, 0.3) is 0 Å². The van der Waals surface area contributed by atoms with Crippen LogP contribution in [0, 0.1) is 0 Å². The fourth-order valence-electron chi connectivity index (χ4n) is 4.72. The van der Waals surface area contributed by atoms with E-state index in [4.69, 9.17) is 15.2 Å². The first-order valence-electron chi connectivity index (χ1n) is 12.2. The van der Waals surface area contributed by atoms with Gasteiger partial charge in [0.05, 0.1) is 12.7 Å². The number of methoxy groups -OCH3 is 1. The number of ether oxygens (including phenoxy) is 2. The molecule has 5 nitrogen and oxygen atoms in total. The highest BCUT2D eigenvalue weighted by Crippen LogP contribution is 2.51. The molecule has 1 atom stereocenters. The number of rotatable bonds is 9. The highest BCUT2D eigenvalue weighted by Gasteiger charge is 2.33. The van der Waals surface area contributed by atoms with Gasteiger partial charge in [-0.2, -0.15) is 0 Å². The Hall–Kier alpha value is -3.47. The number of nitrogen functional groups attached to an aromatic ring is 1. The van der Waals surface area contributed by atoms with Crippen molar-refractivity contribution in [1.82, 2.24) is 0 Å². The van der Waals surface area contributed by atoms with Crippen molar-refractivity contribution >= 4 is 17.3 Å². The number of carbonyl (C=O) groups is 1. The molecule has 0 bridgehead atoms. The Morgan fingerprint density at radius 3 is 2.38 bits per heavy atom. The molecular weight excluding hydrogens is 424 g/mol. The number of nitrogens with zero attached hydrogens (tertiary/aromatic N) is 1. The first-order valence-corrected chi connectivity index (χ1v) is 12.2. The Balaban J connectivity index is 1.85. The maximum absolute atomic E-state index is 12.6. The van der Waals surface area contributed by atoms with Gasteiger partial charge in [0.2, 0.25) is 0 Å². The molecule has 1 unspecified atom stereocenters. The highest BCUT2D eigenvalue weighted by molar-refractivity contribution is 5.92. The van der Waals surface area contributed by atoms with Gasteiger partial charge in [-0.25, -0.2) is 4.79 Å². The number of fused-ring (bicyclic) bond motifs is 2. The molecule has 0 radical (unpaired) electrons. The number of unbranched alkanes of at least 4 members (excludes halogenated alkanes) is 2. The number of carbonyl (C=O) groups excluding carboxylic acids is 1. The van der Waals surface area contributed by atoms with E-state index in [2.05, 4.69) is 36.9 Å². The minimum absolute atomic E-state index is 0.232. The van der Waals surface area contributed by atoms with Crippen LogP contribution in [0.15, 0.2) is 60.7 Å². The van der Waals surface area contributed by atoms with Gasteiger partial charge in [0.15, 0.2) is 0 Å². The van der Waals surface area contributed by atoms with E-state index in [0.717, 1.165) is 72.6 Å². The SMILES string of the molecule is CCCCN(CCCC)c1ccc2c(c1)Oc1cccc(N)c1C2c1ccccc1C(=O)OC. The molecule has 0 saturated carbocycles. The summed E-state index contributed by atoms with van der Waals surface area (Å²) in [6, 6.07) is 19.8. The molecule has 0 aromatic heterocycles. The topological polar surface area (TPSA) is 64.8 Å². The predicted octanol–water partition coefficient (Wildman–Crippen LogP) is 6.75. The van der Waals surface area contributed by atoms with Crippen LogP contribution in [0.1, 0.15) is 72.5 Å². The molecule has 3 aromatic carbocycles. The fraction of sp³-hybridized carbons (Fsp3) is 0.345. The Morgan fingerprint density at radius 2 is 1.68 bits per heavy atom.